The van der Waals surface area contributed by atoms with Gasteiger partial charge in [-0.05, 0) is 18.9 Å². The number of esters is 2. The van der Waals surface area contributed by atoms with Crippen LogP contribution in [-0.2, 0) is 14.3 Å². The highest BCUT2D eigenvalue weighted by Crippen LogP contribution is 2.33. The number of nitrogens with one attached hydrogen (secondary N) is 1. The normalized spacial score (nSPS) is 10.5. The Labute approximate surface area is 154 Å². The van der Waals surface area contributed by atoms with E-state index in [0.717, 1.165) is 4.88 Å². The zero-order chi connectivity index (χ0) is 19.1. The average molecular weight is 377 g/mol. The average Bonchev–Trinajstić information content (AvgIpc) is 3.05. The van der Waals surface area contributed by atoms with Gasteiger partial charge < -0.3 is 14.8 Å². The van der Waals surface area contributed by atoms with E-state index >= 15 is 0 Å². The monoisotopic (exact) mass is 377 g/mol. The van der Waals surface area contributed by atoms with E-state index in [0.29, 0.717) is 5.00 Å². The standard InChI is InChI=1S/C17H19N3O5S/c1-4-24-16(22)11-7-13(10(2)3)26-15(11)20-14(21)9-25-17(23)12-8-18-5-6-19-12/h5-8,10H,4,9H2,1-3H3,(H,20,21). The van der Waals surface area contributed by atoms with Gasteiger partial charge in [-0.2, -0.15) is 0 Å². The topological polar surface area (TPSA) is 107 Å². The number of carbonyl (C=O) groups is 3. The second-order valence-corrected chi connectivity index (χ2v) is 6.57. The number of nitrogens with zero attached hydrogens (tertiary/aromatic N) is 2. The first kappa shape index (κ1) is 19.5. The molecular formula is C17H19N3O5S. The van der Waals surface area contributed by atoms with Gasteiger partial charge in [0.15, 0.2) is 12.3 Å². The fourth-order valence-corrected chi connectivity index (χ4v) is 2.99. The number of aromatic nitrogens is 2. The minimum absolute atomic E-state index is 0.00531. The van der Waals surface area contributed by atoms with Crippen molar-refractivity contribution in [3.63, 3.8) is 0 Å². The van der Waals surface area contributed by atoms with Crippen LogP contribution in [0.5, 0.6) is 0 Å². The highest BCUT2D eigenvalue weighted by atomic mass is 32.1. The van der Waals surface area contributed by atoms with E-state index in [1.165, 1.54) is 29.9 Å². The molecule has 0 aliphatic heterocycles. The van der Waals surface area contributed by atoms with Gasteiger partial charge in [-0.15, -0.1) is 11.3 Å². The molecule has 2 aromatic rings. The molecule has 0 saturated heterocycles. The maximum Gasteiger partial charge on any atom is 0.359 e. The molecule has 0 fully saturated rings. The molecule has 0 spiro atoms. The predicted molar refractivity (Wildman–Crippen MR) is 95.3 cm³/mol. The lowest BCUT2D eigenvalue weighted by Gasteiger charge is -2.07. The molecular weight excluding hydrogens is 358 g/mol. The van der Waals surface area contributed by atoms with Crippen LogP contribution >= 0.6 is 11.3 Å². The molecule has 9 heteroatoms. The van der Waals surface area contributed by atoms with Gasteiger partial charge in [-0.25, -0.2) is 14.6 Å². The number of rotatable bonds is 7. The van der Waals surface area contributed by atoms with Crippen molar-refractivity contribution < 1.29 is 23.9 Å². The predicted octanol–water partition coefficient (Wildman–Crippen LogP) is 2.63. The molecule has 1 amide bonds. The molecule has 8 nitrogen and oxygen atoms in total. The number of ether oxygens (including phenoxy) is 2. The lowest BCUT2D eigenvalue weighted by Crippen LogP contribution is -2.22. The highest BCUT2D eigenvalue weighted by Gasteiger charge is 2.21. The van der Waals surface area contributed by atoms with Gasteiger partial charge in [0, 0.05) is 17.3 Å². The van der Waals surface area contributed by atoms with Crippen molar-refractivity contribution in [2.24, 2.45) is 0 Å². The number of amides is 1. The van der Waals surface area contributed by atoms with Crippen LogP contribution in [0.1, 0.15) is 52.4 Å². The molecule has 0 radical (unpaired) electrons. The molecule has 0 unspecified atom stereocenters. The smallest absolute Gasteiger partial charge is 0.359 e. The third-order valence-electron chi connectivity index (χ3n) is 3.18. The van der Waals surface area contributed by atoms with Crippen molar-refractivity contribution in [1.29, 1.82) is 0 Å². The molecule has 0 aromatic carbocycles. The summed E-state index contributed by atoms with van der Waals surface area (Å²) in [4.78, 5) is 44.4. The number of anilines is 1. The van der Waals surface area contributed by atoms with Crippen molar-refractivity contribution in [2.75, 3.05) is 18.5 Å². The number of thiophene rings is 1. The molecule has 26 heavy (non-hydrogen) atoms. The Morgan fingerprint density at radius 1 is 1.19 bits per heavy atom. The van der Waals surface area contributed by atoms with Gasteiger partial charge in [0.2, 0.25) is 0 Å². The first-order valence-corrected chi connectivity index (χ1v) is 8.77. The molecule has 1 N–H and O–H groups in total. The van der Waals surface area contributed by atoms with Gasteiger partial charge >= 0.3 is 11.9 Å². The van der Waals surface area contributed by atoms with Gasteiger partial charge in [0.25, 0.3) is 5.91 Å². The van der Waals surface area contributed by atoms with E-state index in [1.807, 2.05) is 13.8 Å². The Hall–Kier alpha value is -2.81. The summed E-state index contributed by atoms with van der Waals surface area (Å²) < 4.78 is 9.91. The van der Waals surface area contributed by atoms with Crippen molar-refractivity contribution in [2.45, 2.75) is 26.7 Å². The summed E-state index contributed by atoms with van der Waals surface area (Å²) >= 11 is 1.29. The number of hydrogen-bond acceptors (Lipinski definition) is 8. The fourth-order valence-electron chi connectivity index (χ4n) is 1.92. The molecule has 2 heterocycles. The quantitative estimate of drug-likeness (QED) is 0.739. The summed E-state index contributed by atoms with van der Waals surface area (Å²) in [6, 6.07) is 1.70. The van der Waals surface area contributed by atoms with Crippen molar-refractivity contribution >= 4 is 34.2 Å². The second-order valence-electron chi connectivity index (χ2n) is 5.48. The van der Waals surface area contributed by atoms with E-state index in [4.69, 9.17) is 9.47 Å². The van der Waals surface area contributed by atoms with Crippen LogP contribution in [0.4, 0.5) is 5.00 Å². The van der Waals surface area contributed by atoms with E-state index in [2.05, 4.69) is 15.3 Å². The van der Waals surface area contributed by atoms with Crippen LogP contribution in [0, 0.1) is 0 Å². The zero-order valence-corrected chi connectivity index (χ0v) is 15.5. The van der Waals surface area contributed by atoms with Gasteiger partial charge in [-0.1, -0.05) is 13.8 Å². The van der Waals surface area contributed by atoms with Crippen molar-refractivity contribution in [1.82, 2.24) is 9.97 Å². The minimum atomic E-state index is -0.757. The summed E-state index contributed by atoms with van der Waals surface area (Å²) in [5.41, 5.74) is 0.292. The van der Waals surface area contributed by atoms with Crippen LogP contribution in [-0.4, -0.2) is 41.0 Å². The van der Waals surface area contributed by atoms with E-state index in [1.54, 1.807) is 13.0 Å². The third-order valence-corrected chi connectivity index (χ3v) is 4.53. The van der Waals surface area contributed by atoms with E-state index in [-0.39, 0.29) is 23.8 Å². The summed E-state index contributed by atoms with van der Waals surface area (Å²) in [6.07, 6.45) is 4.01. The van der Waals surface area contributed by atoms with Gasteiger partial charge in [-0.3, -0.25) is 9.78 Å². The zero-order valence-electron chi connectivity index (χ0n) is 14.6. The van der Waals surface area contributed by atoms with Crippen LogP contribution in [0.25, 0.3) is 0 Å². The first-order valence-electron chi connectivity index (χ1n) is 7.96. The lowest BCUT2D eigenvalue weighted by atomic mass is 10.1. The Balaban J connectivity index is 2.03. The maximum absolute atomic E-state index is 12.1. The Morgan fingerprint density at radius 2 is 1.96 bits per heavy atom. The van der Waals surface area contributed by atoms with Gasteiger partial charge in [0.05, 0.1) is 18.4 Å². The molecule has 0 aliphatic rings. The van der Waals surface area contributed by atoms with Crippen LogP contribution in [0.2, 0.25) is 0 Å². The summed E-state index contributed by atoms with van der Waals surface area (Å²) in [6.45, 7) is 5.39. The summed E-state index contributed by atoms with van der Waals surface area (Å²) in [5.74, 6) is -1.64. The van der Waals surface area contributed by atoms with Crippen LogP contribution in [0.15, 0.2) is 24.7 Å². The largest absolute Gasteiger partial charge is 0.462 e. The molecule has 138 valence electrons. The number of hydrogen-bond donors (Lipinski definition) is 1. The molecule has 0 aliphatic carbocycles. The molecule has 0 saturated carbocycles. The van der Waals surface area contributed by atoms with E-state index < -0.39 is 24.5 Å². The van der Waals surface area contributed by atoms with Crippen molar-refractivity contribution in [3.05, 3.63) is 40.8 Å². The molecule has 0 atom stereocenters. The molecule has 0 bridgehead atoms. The Morgan fingerprint density at radius 3 is 2.58 bits per heavy atom. The SMILES string of the molecule is CCOC(=O)c1cc(C(C)C)sc1NC(=O)COC(=O)c1cnccn1. The first-order chi connectivity index (χ1) is 12.4. The molecule has 2 aromatic heterocycles. The maximum atomic E-state index is 12.1. The minimum Gasteiger partial charge on any atom is -0.462 e. The van der Waals surface area contributed by atoms with Crippen molar-refractivity contribution in [3.8, 4) is 0 Å². The lowest BCUT2D eigenvalue weighted by molar-refractivity contribution is -0.119. The van der Waals surface area contributed by atoms with Crippen LogP contribution < -0.4 is 5.32 Å². The summed E-state index contributed by atoms with van der Waals surface area (Å²) in [7, 11) is 0. The fraction of sp³-hybridized carbons (Fsp3) is 0.353. The summed E-state index contributed by atoms with van der Waals surface area (Å²) in [5, 5.41) is 2.97. The highest BCUT2D eigenvalue weighted by molar-refractivity contribution is 7.16. The molecule has 2 rings (SSSR count). The van der Waals surface area contributed by atoms with Gasteiger partial charge in [0.1, 0.15) is 5.00 Å². The number of carbonyl (C=O) groups excluding carboxylic acids is 3. The Bertz CT molecular complexity index is 789. The second kappa shape index (κ2) is 9.04. The van der Waals surface area contributed by atoms with Crippen LogP contribution in [0.3, 0.4) is 0 Å². The third kappa shape index (κ3) is 5.09. The van der Waals surface area contributed by atoms with E-state index in [9.17, 15) is 14.4 Å². The Kier molecular flexibility index (Phi) is 6.79.